The fourth-order valence-corrected chi connectivity index (χ4v) is 2.15. The molecule has 0 spiro atoms. The van der Waals surface area contributed by atoms with E-state index in [-0.39, 0.29) is 5.97 Å². The van der Waals surface area contributed by atoms with Gasteiger partial charge in [0.2, 0.25) is 0 Å². The van der Waals surface area contributed by atoms with Crippen LogP contribution in [0.25, 0.3) is 0 Å². The molecule has 0 aromatic heterocycles. The number of unbranched alkanes of at least 4 members (excludes halogenated alkanes) is 9. The first-order valence-electron chi connectivity index (χ1n) is 8.72. The molecule has 0 radical (unpaired) electrons. The third-order valence-corrected chi connectivity index (χ3v) is 3.51. The largest absolute Gasteiger partial charge is 0.466 e. The van der Waals surface area contributed by atoms with Gasteiger partial charge in [0.25, 0.3) is 0 Å². The van der Waals surface area contributed by atoms with Gasteiger partial charge in [-0.05, 0) is 44.9 Å². The molecule has 122 valence electrons. The Hall–Kier alpha value is -1.05. The second-order valence-electron chi connectivity index (χ2n) is 5.53. The maximum atomic E-state index is 10.9. The topological polar surface area (TPSA) is 26.3 Å². The molecule has 0 rings (SSSR count). The fourth-order valence-electron chi connectivity index (χ4n) is 2.15. The van der Waals surface area contributed by atoms with Crippen LogP contribution in [-0.2, 0) is 9.53 Å². The van der Waals surface area contributed by atoms with Crippen LogP contribution in [0.1, 0.15) is 84.0 Å². The van der Waals surface area contributed by atoms with E-state index in [2.05, 4.69) is 18.7 Å². The minimum atomic E-state index is -0.0879. The number of carbonyl (C=O) groups excluding carboxylic acids is 1. The summed E-state index contributed by atoms with van der Waals surface area (Å²) < 4.78 is 5.03. The van der Waals surface area contributed by atoms with E-state index in [9.17, 15) is 4.79 Å². The van der Waals surface area contributed by atoms with Crippen molar-refractivity contribution in [2.75, 3.05) is 6.61 Å². The Balaban J connectivity index is 3.12. The van der Waals surface area contributed by atoms with E-state index in [1.165, 1.54) is 51.4 Å². The molecule has 0 bridgehead atoms. The van der Waals surface area contributed by atoms with Crippen LogP contribution < -0.4 is 0 Å². The molecule has 0 amide bonds. The van der Waals surface area contributed by atoms with Gasteiger partial charge < -0.3 is 4.74 Å². The number of hydrogen-bond acceptors (Lipinski definition) is 2. The molecule has 21 heavy (non-hydrogen) atoms. The number of carbonyl (C=O) groups is 1. The summed E-state index contributed by atoms with van der Waals surface area (Å²) in [5, 5.41) is 0. The van der Waals surface area contributed by atoms with Crippen LogP contribution >= 0.6 is 0 Å². The van der Waals surface area contributed by atoms with Gasteiger partial charge in [-0.25, -0.2) is 0 Å². The third-order valence-electron chi connectivity index (χ3n) is 3.51. The molecule has 0 atom stereocenters. The minimum Gasteiger partial charge on any atom is -0.466 e. The Morgan fingerprint density at radius 3 is 1.95 bits per heavy atom. The van der Waals surface area contributed by atoms with Gasteiger partial charge in [0.1, 0.15) is 0 Å². The molecule has 0 aromatic carbocycles. The average molecular weight is 294 g/mol. The molecule has 2 heteroatoms. The van der Waals surface area contributed by atoms with Gasteiger partial charge in [-0.3, -0.25) is 4.79 Å². The van der Waals surface area contributed by atoms with Crippen molar-refractivity contribution in [1.82, 2.24) is 0 Å². The Labute approximate surface area is 131 Å². The highest BCUT2D eigenvalue weighted by Crippen LogP contribution is 2.09. The standard InChI is InChI=1S/C19H34O2/c1-3-5-6-7-8-9-10-11-12-13-14-15-16-17-18-21-19(20)4-2/h3,13-14H,1,4-12,15-18H2,2H3/b14-13+. The van der Waals surface area contributed by atoms with Crippen molar-refractivity contribution in [3.05, 3.63) is 24.8 Å². The SMILES string of the molecule is C=CCCCCCCCC/C=C/CCCCOC(=O)CC. The van der Waals surface area contributed by atoms with E-state index in [0.717, 1.165) is 19.3 Å². The fraction of sp³-hybridized carbons (Fsp3) is 0.737. The lowest BCUT2D eigenvalue weighted by Crippen LogP contribution is -2.03. The molecule has 0 aromatic rings. The Morgan fingerprint density at radius 2 is 1.38 bits per heavy atom. The molecule has 0 saturated heterocycles. The molecule has 0 aliphatic carbocycles. The summed E-state index contributed by atoms with van der Waals surface area (Å²) >= 11 is 0. The van der Waals surface area contributed by atoms with Crippen molar-refractivity contribution in [2.45, 2.75) is 84.0 Å². The second-order valence-corrected chi connectivity index (χ2v) is 5.53. The summed E-state index contributed by atoms with van der Waals surface area (Å²) in [4.78, 5) is 10.9. The monoisotopic (exact) mass is 294 g/mol. The van der Waals surface area contributed by atoms with Crippen LogP contribution in [0.2, 0.25) is 0 Å². The summed E-state index contributed by atoms with van der Waals surface area (Å²) in [6.07, 6.45) is 20.7. The van der Waals surface area contributed by atoms with Gasteiger partial charge in [0.05, 0.1) is 6.61 Å². The van der Waals surface area contributed by atoms with Gasteiger partial charge in [0.15, 0.2) is 0 Å². The van der Waals surface area contributed by atoms with Gasteiger partial charge >= 0.3 is 5.97 Å². The third kappa shape index (κ3) is 16.9. The summed E-state index contributed by atoms with van der Waals surface area (Å²) in [5.41, 5.74) is 0. The lowest BCUT2D eigenvalue weighted by molar-refractivity contribution is -0.143. The van der Waals surface area contributed by atoms with Gasteiger partial charge in [-0.2, -0.15) is 0 Å². The predicted molar refractivity (Wildman–Crippen MR) is 91.4 cm³/mol. The van der Waals surface area contributed by atoms with Crippen LogP contribution in [0.5, 0.6) is 0 Å². The summed E-state index contributed by atoms with van der Waals surface area (Å²) in [6, 6.07) is 0. The molecule has 0 aliphatic rings. The van der Waals surface area contributed by atoms with E-state index < -0.39 is 0 Å². The molecule has 0 N–H and O–H groups in total. The van der Waals surface area contributed by atoms with Crippen LogP contribution in [0.15, 0.2) is 24.8 Å². The van der Waals surface area contributed by atoms with E-state index in [4.69, 9.17) is 4.74 Å². The van der Waals surface area contributed by atoms with Crippen molar-refractivity contribution < 1.29 is 9.53 Å². The zero-order chi connectivity index (χ0) is 15.6. The van der Waals surface area contributed by atoms with Crippen LogP contribution in [0, 0.1) is 0 Å². The summed E-state index contributed by atoms with van der Waals surface area (Å²) in [6.45, 7) is 6.14. The number of allylic oxidation sites excluding steroid dienone is 3. The minimum absolute atomic E-state index is 0.0879. The molecule has 2 nitrogen and oxygen atoms in total. The quantitative estimate of drug-likeness (QED) is 0.211. The maximum absolute atomic E-state index is 10.9. The highest BCUT2D eigenvalue weighted by atomic mass is 16.5. The van der Waals surface area contributed by atoms with Gasteiger partial charge in [-0.1, -0.05) is 50.8 Å². The van der Waals surface area contributed by atoms with Gasteiger partial charge in [-0.15, -0.1) is 6.58 Å². The van der Waals surface area contributed by atoms with Crippen molar-refractivity contribution in [2.24, 2.45) is 0 Å². The number of hydrogen-bond donors (Lipinski definition) is 0. The molecular formula is C19H34O2. The molecule has 0 saturated carbocycles. The molecule has 0 fully saturated rings. The van der Waals surface area contributed by atoms with Crippen LogP contribution in [-0.4, -0.2) is 12.6 Å². The Bertz CT molecular complexity index is 269. The molecule has 0 aliphatic heterocycles. The molecule has 0 unspecified atom stereocenters. The first-order chi connectivity index (χ1) is 10.3. The lowest BCUT2D eigenvalue weighted by Gasteiger charge is -2.01. The van der Waals surface area contributed by atoms with Crippen LogP contribution in [0.3, 0.4) is 0 Å². The van der Waals surface area contributed by atoms with Crippen molar-refractivity contribution in [3.8, 4) is 0 Å². The van der Waals surface area contributed by atoms with Crippen molar-refractivity contribution >= 4 is 5.97 Å². The molecular weight excluding hydrogens is 260 g/mol. The number of rotatable bonds is 15. The molecule has 0 heterocycles. The Morgan fingerprint density at radius 1 is 0.857 bits per heavy atom. The first kappa shape index (κ1) is 19.9. The highest BCUT2D eigenvalue weighted by Gasteiger charge is 1.96. The van der Waals surface area contributed by atoms with Gasteiger partial charge in [0, 0.05) is 6.42 Å². The van der Waals surface area contributed by atoms with E-state index in [1.54, 1.807) is 0 Å². The number of ether oxygens (including phenoxy) is 1. The second kappa shape index (κ2) is 17.0. The van der Waals surface area contributed by atoms with E-state index in [1.807, 2.05) is 13.0 Å². The zero-order valence-electron chi connectivity index (χ0n) is 13.9. The first-order valence-corrected chi connectivity index (χ1v) is 8.72. The Kier molecular flexibility index (Phi) is 16.2. The summed E-state index contributed by atoms with van der Waals surface area (Å²) in [5.74, 6) is -0.0879. The van der Waals surface area contributed by atoms with E-state index >= 15 is 0 Å². The summed E-state index contributed by atoms with van der Waals surface area (Å²) in [7, 11) is 0. The van der Waals surface area contributed by atoms with Crippen LogP contribution in [0.4, 0.5) is 0 Å². The van der Waals surface area contributed by atoms with E-state index in [0.29, 0.717) is 13.0 Å². The van der Waals surface area contributed by atoms with Crippen molar-refractivity contribution in [3.63, 3.8) is 0 Å². The average Bonchev–Trinajstić information content (AvgIpc) is 2.50. The predicted octanol–water partition coefficient (Wildman–Crippen LogP) is 5.97. The number of esters is 1. The highest BCUT2D eigenvalue weighted by molar-refractivity contribution is 5.68. The zero-order valence-corrected chi connectivity index (χ0v) is 13.9. The maximum Gasteiger partial charge on any atom is 0.305 e. The normalized spacial score (nSPS) is 10.9. The smallest absolute Gasteiger partial charge is 0.305 e. The van der Waals surface area contributed by atoms with Crippen molar-refractivity contribution in [1.29, 1.82) is 0 Å². The lowest BCUT2D eigenvalue weighted by atomic mass is 10.1.